The monoisotopic (exact) mass is 331 g/mol. The van der Waals surface area contributed by atoms with Crippen molar-refractivity contribution in [1.29, 1.82) is 0 Å². The van der Waals surface area contributed by atoms with Crippen molar-refractivity contribution in [1.82, 2.24) is 14.4 Å². The van der Waals surface area contributed by atoms with Crippen LogP contribution in [0.15, 0.2) is 40.1 Å². The van der Waals surface area contributed by atoms with Crippen LogP contribution in [0.25, 0.3) is 0 Å². The molecular weight excluding hydrogens is 306 g/mol. The van der Waals surface area contributed by atoms with Gasteiger partial charge in [0.05, 0.1) is 12.5 Å². The summed E-state index contributed by atoms with van der Waals surface area (Å²) in [7, 11) is 5.61. The SMILES string of the molecule is Cc1ccn(C(C)CN(C)C)c(=O)c1C(=O)N(C)Cc1ccoc1. The second-order valence-corrected chi connectivity index (χ2v) is 6.49. The fourth-order valence-electron chi connectivity index (χ4n) is 2.78. The molecule has 2 aromatic heterocycles. The van der Waals surface area contributed by atoms with E-state index < -0.39 is 0 Å². The van der Waals surface area contributed by atoms with E-state index in [1.807, 2.05) is 32.0 Å². The number of nitrogens with zero attached hydrogens (tertiary/aromatic N) is 3. The maximum absolute atomic E-state index is 12.8. The number of aromatic nitrogens is 1. The number of furan rings is 1. The first-order chi connectivity index (χ1) is 11.3. The highest BCUT2D eigenvalue weighted by molar-refractivity contribution is 5.95. The largest absolute Gasteiger partial charge is 0.472 e. The van der Waals surface area contributed by atoms with E-state index in [9.17, 15) is 9.59 Å². The molecule has 0 aliphatic heterocycles. The minimum atomic E-state index is -0.273. The molecule has 0 bridgehead atoms. The first-order valence-corrected chi connectivity index (χ1v) is 7.94. The maximum atomic E-state index is 12.8. The van der Waals surface area contributed by atoms with Gasteiger partial charge in [0.2, 0.25) is 0 Å². The Bertz CT molecular complexity index is 747. The fraction of sp³-hybridized carbons (Fsp3) is 0.444. The van der Waals surface area contributed by atoms with Gasteiger partial charge in [-0.05, 0) is 45.6 Å². The molecular formula is C18H25N3O3. The molecule has 6 heteroatoms. The molecule has 0 N–H and O–H groups in total. The molecule has 2 rings (SSSR count). The zero-order valence-electron chi connectivity index (χ0n) is 14.9. The van der Waals surface area contributed by atoms with Gasteiger partial charge in [-0.1, -0.05) is 0 Å². The third-order valence-corrected chi connectivity index (χ3v) is 3.99. The van der Waals surface area contributed by atoms with Gasteiger partial charge in [0, 0.05) is 37.9 Å². The van der Waals surface area contributed by atoms with E-state index in [0.717, 1.165) is 12.1 Å². The molecule has 2 aromatic rings. The number of carbonyl (C=O) groups excluding carboxylic acids is 1. The van der Waals surface area contributed by atoms with Crippen LogP contribution in [0.1, 0.15) is 34.5 Å². The topological polar surface area (TPSA) is 58.7 Å². The second kappa shape index (κ2) is 7.49. The Kier molecular flexibility index (Phi) is 5.62. The number of carbonyl (C=O) groups is 1. The van der Waals surface area contributed by atoms with Gasteiger partial charge in [0.1, 0.15) is 5.56 Å². The quantitative estimate of drug-likeness (QED) is 0.814. The lowest BCUT2D eigenvalue weighted by atomic mass is 10.1. The summed E-state index contributed by atoms with van der Waals surface area (Å²) in [4.78, 5) is 29.2. The van der Waals surface area contributed by atoms with Crippen LogP contribution in [0.4, 0.5) is 0 Å². The Hall–Kier alpha value is -2.34. The van der Waals surface area contributed by atoms with E-state index in [0.29, 0.717) is 12.1 Å². The number of hydrogen-bond acceptors (Lipinski definition) is 4. The molecule has 0 fully saturated rings. The van der Waals surface area contributed by atoms with E-state index in [1.165, 1.54) is 4.90 Å². The van der Waals surface area contributed by atoms with E-state index >= 15 is 0 Å². The molecule has 6 nitrogen and oxygen atoms in total. The molecule has 0 saturated heterocycles. The van der Waals surface area contributed by atoms with Crippen molar-refractivity contribution < 1.29 is 9.21 Å². The minimum Gasteiger partial charge on any atom is -0.472 e. The number of rotatable bonds is 6. The Labute approximate surface area is 142 Å². The predicted octanol–water partition coefficient (Wildman–Crippen LogP) is 2.14. The molecule has 1 atom stereocenters. The van der Waals surface area contributed by atoms with E-state index in [1.54, 1.807) is 43.3 Å². The van der Waals surface area contributed by atoms with Crippen LogP contribution >= 0.6 is 0 Å². The molecule has 0 aliphatic rings. The second-order valence-electron chi connectivity index (χ2n) is 6.49. The van der Waals surface area contributed by atoms with Crippen LogP contribution < -0.4 is 5.56 Å². The van der Waals surface area contributed by atoms with Gasteiger partial charge in [-0.3, -0.25) is 9.59 Å². The van der Waals surface area contributed by atoms with Crippen molar-refractivity contribution in [3.05, 3.63) is 57.9 Å². The summed E-state index contributed by atoms with van der Waals surface area (Å²) in [5.74, 6) is -0.273. The third kappa shape index (κ3) is 3.94. The lowest BCUT2D eigenvalue weighted by Crippen LogP contribution is -2.37. The van der Waals surface area contributed by atoms with Crippen LogP contribution in [0.3, 0.4) is 0 Å². The van der Waals surface area contributed by atoms with Crippen LogP contribution in [0.5, 0.6) is 0 Å². The molecule has 1 unspecified atom stereocenters. The van der Waals surface area contributed by atoms with Crippen LogP contribution in [-0.4, -0.2) is 48.0 Å². The molecule has 0 radical (unpaired) electrons. The van der Waals surface area contributed by atoms with Crippen molar-refractivity contribution in [3.8, 4) is 0 Å². The zero-order chi connectivity index (χ0) is 17.9. The summed E-state index contributed by atoms with van der Waals surface area (Å²) in [5.41, 5.74) is 1.57. The molecule has 0 saturated carbocycles. The minimum absolute atomic E-state index is 0.0150. The average Bonchev–Trinajstić information content (AvgIpc) is 2.99. The van der Waals surface area contributed by atoms with Crippen LogP contribution in [0.2, 0.25) is 0 Å². The summed E-state index contributed by atoms with van der Waals surface area (Å²) >= 11 is 0. The fourth-order valence-corrected chi connectivity index (χ4v) is 2.78. The number of aryl methyl sites for hydroxylation is 1. The summed E-state index contributed by atoms with van der Waals surface area (Å²) in [6.45, 7) is 4.89. The van der Waals surface area contributed by atoms with Gasteiger partial charge < -0.3 is 18.8 Å². The van der Waals surface area contributed by atoms with Gasteiger partial charge in [-0.2, -0.15) is 0 Å². The van der Waals surface area contributed by atoms with Gasteiger partial charge in [-0.15, -0.1) is 0 Å². The average molecular weight is 331 g/mol. The van der Waals surface area contributed by atoms with Crippen LogP contribution in [0, 0.1) is 6.92 Å². The normalized spacial score (nSPS) is 12.4. The highest BCUT2D eigenvalue weighted by Crippen LogP contribution is 2.12. The molecule has 24 heavy (non-hydrogen) atoms. The summed E-state index contributed by atoms with van der Waals surface area (Å²) < 4.78 is 6.66. The van der Waals surface area contributed by atoms with Crippen LogP contribution in [-0.2, 0) is 6.54 Å². The third-order valence-electron chi connectivity index (χ3n) is 3.99. The molecule has 0 aromatic carbocycles. The van der Waals surface area contributed by atoms with E-state index in [4.69, 9.17) is 4.42 Å². The highest BCUT2D eigenvalue weighted by Gasteiger charge is 2.21. The first-order valence-electron chi connectivity index (χ1n) is 7.94. The number of pyridine rings is 1. The predicted molar refractivity (Wildman–Crippen MR) is 93.2 cm³/mol. The van der Waals surface area contributed by atoms with Crippen molar-refractivity contribution >= 4 is 5.91 Å². The standard InChI is InChI=1S/C18H25N3O3/c1-13-6-8-21(14(2)10-19(3)4)18(23)16(13)17(22)20(5)11-15-7-9-24-12-15/h6-9,12,14H,10-11H2,1-5H3. The summed E-state index contributed by atoms with van der Waals surface area (Å²) in [6.07, 6.45) is 4.93. The lowest BCUT2D eigenvalue weighted by molar-refractivity contribution is 0.0781. The number of likely N-dealkylation sites (N-methyl/N-ethyl adjacent to an activating group) is 1. The Morgan fingerprint density at radius 2 is 2.00 bits per heavy atom. The van der Waals surface area contributed by atoms with Crippen molar-refractivity contribution in [2.75, 3.05) is 27.7 Å². The number of amides is 1. The molecule has 1 amide bonds. The van der Waals surface area contributed by atoms with Gasteiger partial charge >= 0.3 is 0 Å². The Morgan fingerprint density at radius 3 is 2.58 bits per heavy atom. The summed E-state index contributed by atoms with van der Waals surface area (Å²) in [6, 6.07) is 3.62. The molecule has 0 spiro atoms. The zero-order valence-corrected chi connectivity index (χ0v) is 14.9. The van der Waals surface area contributed by atoms with E-state index in [2.05, 4.69) is 0 Å². The smallest absolute Gasteiger partial charge is 0.263 e. The number of hydrogen-bond donors (Lipinski definition) is 0. The molecule has 130 valence electrons. The highest BCUT2D eigenvalue weighted by atomic mass is 16.3. The molecule has 0 aliphatic carbocycles. The Morgan fingerprint density at radius 1 is 1.29 bits per heavy atom. The first kappa shape index (κ1) is 18.0. The Balaban J connectivity index is 2.31. The maximum Gasteiger partial charge on any atom is 0.263 e. The van der Waals surface area contributed by atoms with Gasteiger partial charge in [-0.25, -0.2) is 0 Å². The molecule has 2 heterocycles. The van der Waals surface area contributed by atoms with Crippen molar-refractivity contribution in [2.24, 2.45) is 0 Å². The van der Waals surface area contributed by atoms with Crippen molar-refractivity contribution in [3.63, 3.8) is 0 Å². The van der Waals surface area contributed by atoms with E-state index in [-0.39, 0.29) is 23.1 Å². The van der Waals surface area contributed by atoms with Crippen molar-refractivity contribution in [2.45, 2.75) is 26.4 Å². The summed E-state index contributed by atoms with van der Waals surface area (Å²) in [5, 5.41) is 0. The van der Waals surface area contributed by atoms with Gasteiger partial charge in [0.25, 0.3) is 11.5 Å². The van der Waals surface area contributed by atoms with Gasteiger partial charge in [0.15, 0.2) is 0 Å². The lowest BCUT2D eigenvalue weighted by Gasteiger charge is -2.22.